The van der Waals surface area contributed by atoms with Gasteiger partial charge in [0.05, 0.1) is 0 Å². The maximum Gasteiger partial charge on any atom is 0.303 e. The SMILES string of the molecule is CC(=O)OC1(C)Cc2ccc(C)cc2C1. The van der Waals surface area contributed by atoms with Crippen LogP contribution in [0.5, 0.6) is 0 Å². The van der Waals surface area contributed by atoms with Crippen molar-refractivity contribution in [2.24, 2.45) is 0 Å². The van der Waals surface area contributed by atoms with E-state index in [0.29, 0.717) is 0 Å². The van der Waals surface area contributed by atoms with Crippen LogP contribution in [0, 0.1) is 6.92 Å². The molecule has 0 fully saturated rings. The lowest BCUT2D eigenvalue weighted by Gasteiger charge is -2.23. The van der Waals surface area contributed by atoms with Crippen molar-refractivity contribution in [3.63, 3.8) is 0 Å². The fourth-order valence-corrected chi connectivity index (χ4v) is 2.38. The Bertz CT molecular complexity index is 409. The maximum atomic E-state index is 11.0. The van der Waals surface area contributed by atoms with E-state index >= 15 is 0 Å². The van der Waals surface area contributed by atoms with Crippen molar-refractivity contribution < 1.29 is 9.53 Å². The number of hydrogen-bond acceptors (Lipinski definition) is 2. The highest BCUT2D eigenvalue weighted by Gasteiger charge is 2.35. The number of carbonyl (C=O) groups is 1. The number of hydrogen-bond donors (Lipinski definition) is 0. The van der Waals surface area contributed by atoms with Crippen LogP contribution in [0.4, 0.5) is 0 Å². The molecule has 0 spiro atoms. The third-order valence-electron chi connectivity index (χ3n) is 2.88. The number of benzene rings is 1. The molecule has 1 atom stereocenters. The molecule has 1 aromatic rings. The van der Waals surface area contributed by atoms with Crippen LogP contribution in [0.25, 0.3) is 0 Å². The molecule has 15 heavy (non-hydrogen) atoms. The standard InChI is InChI=1S/C13H16O2/c1-9-4-5-11-7-13(3,15-10(2)14)8-12(11)6-9/h4-6H,7-8H2,1-3H3. The third kappa shape index (κ3) is 2.04. The van der Waals surface area contributed by atoms with E-state index in [1.165, 1.54) is 23.6 Å². The minimum Gasteiger partial charge on any atom is -0.459 e. The van der Waals surface area contributed by atoms with Gasteiger partial charge in [0.25, 0.3) is 0 Å². The van der Waals surface area contributed by atoms with Crippen molar-refractivity contribution in [2.75, 3.05) is 0 Å². The summed E-state index contributed by atoms with van der Waals surface area (Å²) in [6.45, 7) is 5.56. The van der Waals surface area contributed by atoms with Gasteiger partial charge in [0, 0.05) is 19.8 Å². The van der Waals surface area contributed by atoms with E-state index in [1.807, 2.05) is 6.92 Å². The van der Waals surface area contributed by atoms with Crippen molar-refractivity contribution in [3.8, 4) is 0 Å². The Hall–Kier alpha value is -1.31. The van der Waals surface area contributed by atoms with E-state index < -0.39 is 0 Å². The molecule has 1 aliphatic carbocycles. The molecule has 0 saturated heterocycles. The van der Waals surface area contributed by atoms with Gasteiger partial charge in [0.2, 0.25) is 0 Å². The molecule has 1 aliphatic rings. The highest BCUT2D eigenvalue weighted by molar-refractivity contribution is 5.66. The van der Waals surface area contributed by atoms with Crippen LogP contribution in [-0.4, -0.2) is 11.6 Å². The molecule has 0 amide bonds. The van der Waals surface area contributed by atoms with Gasteiger partial charge in [-0.3, -0.25) is 4.79 Å². The zero-order valence-electron chi connectivity index (χ0n) is 9.46. The number of rotatable bonds is 1. The van der Waals surface area contributed by atoms with Crippen molar-refractivity contribution in [1.29, 1.82) is 0 Å². The molecule has 2 nitrogen and oxygen atoms in total. The minimum absolute atomic E-state index is 0.193. The minimum atomic E-state index is -0.331. The second kappa shape index (κ2) is 3.37. The van der Waals surface area contributed by atoms with Gasteiger partial charge in [-0.05, 0) is 25.0 Å². The Balaban J connectivity index is 2.24. The summed E-state index contributed by atoms with van der Waals surface area (Å²) in [7, 11) is 0. The molecule has 0 N–H and O–H groups in total. The first-order valence-corrected chi connectivity index (χ1v) is 5.26. The number of fused-ring (bicyclic) bond motifs is 1. The van der Waals surface area contributed by atoms with Crippen molar-refractivity contribution in [3.05, 3.63) is 34.9 Å². The Labute approximate surface area is 90.3 Å². The van der Waals surface area contributed by atoms with Crippen LogP contribution >= 0.6 is 0 Å². The first-order valence-electron chi connectivity index (χ1n) is 5.26. The van der Waals surface area contributed by atoms with Crippen molar-refractivity contribution >= 4 is 5.97 Å². The summed E-state index contributed by atoms with van der Waals surface area (Å²) in [5.41, 5.74) is 3.56. The number of aryl methyl sites for hydroxylation is 1. The van der Waals surface area contributed by atoms with Gasteiger partial charge in [-0.2, -0.15) is 0 Å². The molecular formula is C13H16O2. The zero-order chi connectivity index (χ0) is 11.1. The highest BCUT2D eigenvalue weighted by atomic mass is 16.6. The lowest BCUT2D eigenvalue weighted by atomic mass is 10.0. The van der Waals surface area contributed by atoms with Crippen LogP contribution < -0.4 is 0 Å². The molecule has 0 aromatic heterocycles. The molecule has 80 valence electrons. The molecule has 0 heterocycles. The van der Waals surface area contributed by atoms with E-state index in [9.17, 15) is 4.79 Å². The summed E-state index contributed by atoms with van der Waals surface area (Å²) < 4.78 is 5.38. The summed E-state index contributed by atoms with van der Waals surface area (Å²) in [6, 6.07) is 6.43. The average molecular weight is 204 g/mol. The second-order valence-corrected chi connectivity index (χ2v) is 4.67. The fourth-order valence-electron chi connectivity index (χ4n) is 2.38. The van der Waals surface area contributed by atoms with E-state index in [1.54, 1.807) is 0 Å². The van der Waals surface area contributed by atoms with Crippen molar-refractivity contribution in [2.45, 2.75) is 39.2 Å². The van der Waals surface area contributed by atoms with Gasteiger partial charge in [0.15, 0.2) is 0 Å². The fraction of sp³-hybridized carbons (Fsp3) is 0.462. The van der Waals surface area contributed by atoms with Crippen LogP contribution in [0.3, 0.4) is 0 Å². The number of carbonyl (C=O) groups excluding carboxylic acids is 1. The Kier molecular flexibility index (Phi) is 2.29. The van der Waals surface area contributed by atoms with Crippen LogP contribution in [0.2, 0.25) is 0 Å². The average Bonchev–Trinajstić information content (AvgIpc) is 2.38. The molecule has 0 bridgehead atoms. The summed E-state index contributed by atoms with van der Waals surface area (Å²) in [5, 5.41) is 0. The van der Waals surface area contributed by atoms with Crippen LogP contribution in [0.15, 0.2) is 18.2 Å². The number of ether oxygens (including phenoxy) is 1. The van der Waals surface area contributed by atoms with E-state index in [4.69, 9.17) is 4.74 Å². The highest BCUT2D eigenvalue weighted by Crippen LogP contribution is 2.33. The monoisotopic (exact) mass is 204 g/mol. The Morgan fingerprint density at radius 1 is 1.33 bits per heavy atom. The molecule has 1 unspecified atom stereocenters. The molecular weight excluding hydrogens is 188 g/mol. The smallest absolute Gasteiger partial charge is 0.303 e. The molecule has 1 aromatic carbocycles. The number of esters is 1. The van der Waals surface area contributed by atoms with Gasteiger partial charge in [-0.25, -0.2) is 0 Å². The summed E-state index contributed by atoms with van der Waals surface area (Å²) >= 11 is 0. The van der Waals surface area contributed by atoms with Gasteiger partial charge in [-0.15, -0.1) is 0 Å². The van der Waals surface area contributed by atoms with Gasteiger partial charge in [-0.1, -0.05) is 23.8 Å². The third-order valence-corrected chi connectivity index (χ3v) is 2.88. The normalized spacial score (nSPS) is 23.7. The van der Waals surface area contributed by atoms with Gasteiger partial charge in [0.1, 0.15) is 5.60 Å². The predicted octanol–water partition coefficient (Wildman–Crippen LogP) is 2.42. The molecule has 2 rings (SSSR count). The first kappa shape index (κ1) is 10.2. The lowest BCUT2D eigenvalue weighted by molar-refractivity contribution is -0.154. The quantitative estimate of drug-likeness (QED) is 0.657. The summed E-state index contributed by atoms with van der Waals surface area (Å²) in [5.74, 6) is -0.193. The molecule has 0 saturated carbocycles. The zero-order valence-corrected chi connectivity index (χ0v) is 9.46. The predicted molar refractivity (Wildman–Crippen MR) is 58.8 cm³/mol. The van der Waals surface area contributed by atoms with E-state index in [-0.39, 0.29) is 11.6 Å². The topological polar surface area (TPSA) is 26.3 Å². The molecule has 0 aliphatic heterocycles. The van der Waals surface area contributed by atoms with Gasteiger partial charge < -0.3 is 4.74 Å². The second-order valence-electron chi connectivity index (χ2n) is 4.67. The summed E-state index contributed by atoms with van der Waals surface area (Å²) in [6.07, 6.45) is 1.67. The Morgan fingerprint density at radius 2 is 2.00 bits per heavy atom. The summed E-state index contributed by atoms with van der Waals surface area (Å²) in [4.78, 5) is 11.0. The largest absolute Gasteiger partial charge is 0.459 e. The Morgan fingerprint density at radius 3 is 2.67 bits per heavy atom. The lowest BCUT2D eigenvalue weighted by Crippen LogP contribution is -2.31. The van der Waals surface area contributed by atoms with Crippen LogP contribution in [-0.2, 0) is 22.4 Å². The maximum absolute atomic E-state index is 11.0. The van der Waals surface area contributed by atoms with E-state index in [2.05, 4.69) is 25.1 Å². The van der Waals surface area contributed by atoms with Crippen LogP contribution in [0.1, 0.15) is 30.5 Å². The van der Waals surface area contributed by atoms with E-state index in [0.717, 1.165) is 12.8 Å². The van der Waals surface area contributed by atoms with Crippen molar-refractivity contribution in [1.82, 2.24) is 0 Å². The molecule has 2 heteroatoms. The van der Waals surface area contributed by atoms with Gasteiger partial charge >= 0.3 is 5.97 Å². The first-order chi connectivity index (χ1) is 6.98. The molecule has 0 radical (unpaired) electrons.